The molecule has 0 unspecified atom stereocenters. The van der Waals surface area contributed by atoms with Crippen LogP contribution in [0.15, 0.2) is 24.3 Å². The SMILES string of the molecule is COC(=O)/C=C/c1cccc(Cl)c1OC. The van der Waals surface area contributed by atoms with Gasteiger partial charge in [0.05, 0.1) is 19.2 Å². The van der Waals surface area contributed by atoms with Crippen molar-refractivity contribution in [1.82, 2.24) is 0 Å². The van der Waals surface area contributed by atoms with Crippen molar-refractivity contribution >= 4 is 23.6 Å². The van der Waals surface area contributed by atoms with E-state index in [1.165, 1.54) is 20.3 Å². The summed E-state index contributed by atoms with van der Waals surface area (Å²) in [7, 11) is 2.85. The Balaban J connectivity index is 2.99. The minimum absolute atomic E-state index is 0.419. The number of hydrogen-bond acceptors (Lipinski definition) is 3. The zero-order chi connectivity index (χ0) is 11.3. The van der Waals surface area contributed by atoms with Gasteiger partial charge in [-0.1, -0.05) is 23.7 Å². The number of hydrogen-bond donors (Lipinski definition) is 0. The van der Waals surface area contributed by atoms with Gasteiger partial charge in [0, 0.05) is 11.6 Å². The van der Waals surface area contributed by atoms with Gasteiger partial charge in [-0.3, -0.25) is 0 Å². The molecule has 1 aromatic carbocycles. The number of halogens is 1. The van der Waals surface area contributed by atoms with Crippen LogP contribution in [-0.2, 0) is 9.53 Å². The molecule has 0 N–H and O–H groups in total. The summed E-state index contributed by atoms with van der Waals surface area (Å²) in [4.78, 5) is 10.9. The third kappa shape index (κ3) is 2.99. The van der Waals surface area contributed by atoms with E-state index in [0.29, 0.717) is 10.8 Å². The summed E-state index contributed by atoms with van der Waals surface area (Å²) in [5, 5.41) is 0.504. The standard InChI is InChI=1S/C11H11ClO3/c1-14-10(13)7-6-8-4-3-5-9(12)11(8)15-2/h3-7H,1-2H3/b7-6+. The van der Waals surface area contributed by atoms with Crippen LogP contribution < -0.4 is 4.74 Å². The Morgan fingerprint density at radius 1 is 1.40 bits per heavy atom. The van der Waals surface area contributed by atoms with Crippen molar-refractivity contribution in [3.63, 3.8) is 0 Å². The highest BCUT2D eigenvalue weighted by atomic mass is 35.5. The van der Waals surface area contributed by atoms with Gasteiger partial charge in [0.15, 0.2) is 0 Å². The molecular weight excluding hydrogens is 216 g/mol. The van der Waals surface area contributed by atoms with Crippen LogP contribution in [0.1, 0.15) is 5.56 Å². The third-order valence-electron chi connectivity index (χ3n) is 1.80. The molecule has 0 aliphatic carbocycles. The molecule has 0 atom stereocenters. The van der Waals surface area contributed by atoms with Gasteiger partial charge in [0.25, 0.3) is 0 Å². The van der Waals surface area contributed by atoms with Gasteiger partial charge in [-0.25, -0.2) is 4.79 Å². The average Bonchev–Trinajstić information content (AvgIpc) is 2.25. The fourth-order valence-electron chi connectivity index (χ4n) is 1.10. The Morgan fingerprint density at radius 3 is 2.73 bits per heavy atom. The summed E-state index contributed by atoms with van der Waals surface area (Å²) in [6.07, 6.45) is 2.91. The minimum atomic E-state index is -0.419. The predicted octanol–water partition coefficient (Wildman–Crippen LogP) is 2.53. The lowest BCUT2D eigenvalue weighted by molar-refractivity contribution is -0.134. The summed E-state index contributed by atoms with van der Waals surface area (Å²) in [6, 6.07) is 5.29. The molecule has 0 aliphatic rings. The van der Waals surface area contributed by atoms with Crippen LogP contribution in [0.4, 0.5) is 0 Å². The molecule has 80 valence electrons. The molecule has 0 radical (unpaired) electrons. The Labute approximate surface area is 93.3 Å². The number of para-hydroxylation sites is 1. The van der Waals surface area contributed by atoms with Gasteiger partial charge in [0.2, 0.25) is 0 Å². The highest BCUT2D eigenvalue weighted by molar-refractivity contribution is 6.32. The first-order chi connectivity index (χ1) is 7.19. The van der Waals surface area contributed by atoms with Gasteiger partial charge in [-0.05, 0) is 12.1 Å². The molecule has 1 aromatic rings. The Kier molecular flexibility index (Phi) is 4.18. The average molecular weight is 227 g/mol. The van der Waals surface area contributed by atoms with Crippen molar-refractivity contribution in [3.8, 4) is 5.75 Å². The molecule has 0 fully saturated rings. The summed E-state index contributed by atoms with van der Waals surface area (Å²) in [6.45, 7) is 0. The monoisotopic (exact) mass is 226 g/mol. The van der Waals surface area contributed by atoms with Crippen LogP contribution >= 0.6 is 11.6 Å². The molecule has 0 aromatic heterocycles. The first-order valence-electron chi connectivity index (χ1n) is 4.27. The van der Waals surface area contributed by atoms with Gasteiger partial charge in [-0.2, -0.15) is 0 Å². The first kappa shape index (κ1) is 11.6. The fraction of sp³-hybridized carbons (Fsp3) is 0.182. The Bertz CT molecular complexity index is 385. The largest absolute Gasteiger partial charge is 0.495 e. The van der Waals surface area contributed by atoms with Crippen molar-refractivity contribution in [2.45, 2.75) is 0 Å². The molecule has 0 saturated heterocycles. The lowest BCUT2D eigenvalue weighted by Gasteiger charge is -2.05. The van der Waals surface area contributed by atoms with Gasteiger partial charge in [-0.15, -0.1) is 0 Å². The van der Waals surface area contributed by atoms with Crippen molar-refractivity contribution in [3.05, 3.63) is 34.9 Å². The highest BCUT2D eigenvalue weighted by Gasteiger charge is 2.04. The molecule has 0 aliphatic heterocycles. The highest BCUT2D eigenvalue weighted by Crippen LogP contribution is 2.28. The van der Waals surface area contributed by atoms with Gasteiger partial charge in [0.1, 0.15) is 5.75 Å². The molecule has 0 saturated carbocycles. The molecular formula is C11H11ClO3. The Hall–Kier alpha value is -1.48. The van der Waals surface area contributed by atoms with Crippen LogP contribution in [0.5, 0.6) is 5.75 Å². The van der Waals surface area contributed by atoms with Crippen molar-refractivity contribution in [2.75, 3.05) is 14.2 Å². The Morgan fingerprint density at radius 2 is 2.13 bits per heavy atom. The molecule has 15 heavy (non-hydrogen) atoms. The second kappa shape index (κ2) is 5.41. The van der Waals surface area contributed by atoms with Crippen LogP contribution in [0.3, 0.4) is 0 Å². The lowest BCUT2D eigenvalue weighted by atomic mass is 10.2. The molecule has 0 bridgehead atoms. The molecule has 0 spiro atoms. The van der Waals surface area contributed by atoms with E-state index in [2.05, 4.69) is 4.74 Å². The smallest absolute Gasteiger partial charge is 0.330 e. The molecule has 1 rings (SSSR count). The van der Waals surface area contributed by atoms with E-state index in [9.17, 15) is 4.79 Å². The number of esters is 1. The summed E-state index contributed by atoms with van der Waals surface area (Å²) in [5.74, 6) is 0.122. The number of carbonyl (C=O) groups is 1. The van der Waals surface area contributed by atoms with Gasteiger partial charge >= 0.3 is 5.97 Å². The van der Waals surface area contributed by atoms with Crippen LogP contribution in [0.25, 0.3) is 6.08 Å². The summed E-state index contributed by atoms with van der Waals surface area (Å²) < 4.78 is 9.58. The number of carbonyl (C=O) groups excluding carboxylic acids is 1. The van der Waals surface area contributed by atoms with E-state index < -0.39 is 5.97 Å². The number of benzene rings is 1. The van der Waals surface area contributed by atoms with Crippen LogP contribution in [-0.4, -0.2) is 20.2 Å². The van der Waals surface area contributed by atoms with Crippen molar-refractivity contribution in [1.29, 1.82) is 0 Å². The zero-order valence-electron chi connectivity index (χ0n) is 8.49. The first-order valence-corrected chi connectivity index (χ1v) is 4.65. The fourth-order valence-corrected chi connectivity index (χ4v) is 1.36. The van der Waals surface area contributed by atoms with Crippen LogP contribution in [0, 0.1) is 0 Å². The van der Waals surface area contributed by atoms with E-state index in [4.69, 9.17) is 16.3 Å². The number of methoxy groups -OCH3 is 2. The molecule has 0 heterocycles. The molecule has 0 amide bonds. The van der Waals surface area contributed by atoms with E-state index >= 15 is 0 Å². The quantitative estimate of drug-likeness (QED) is 0.587. The normalized spacial score (nSPS) is 10.3. The van der Waals surface area contributed by atoms with E-state index in [0.717, 1.165) is 5.56 Å². The zero-order valence-corrected chi connectivity index (χ0v) is 9.25. The minimum Gasteiger partial charge on any atom is -0.495 e. The van der Waals surface area contributed by atoms with Crippen molar-refractivity contribution < 1.29 is 14.3 Å². The predicted molar refractivity (Wildman–Crippen MR) is 59.1 cm³/mol. The third-order valence-corrected chi connectivity index (χ3v) is 2.10. The van der Waals surface area contributed by atoms with E-state index in [-0.39, 0.29) is 0 Å². The molecule has 3 nitrogen and oxygen atoms in total. The second-order valence-corrected chi connectivity index (χ2v) is 3.13. The molecule has 4 heteroatoms. The van der Waals surface area contributed by atoms with Gasteiger partial charge < -0.3 is 9.47 Å². The number of ether oxygens (including phenoxy) is 2. The second-order valence-electron chi connectivity index (χ2n) is 2.72. The summed E-state index contributed by atoms with van der Waals surface area (Å²) in [5.41, 5.74) is 0.732. The summed E-state index contributed by atoms with van der Waals surface area (Å²) >= 11 is 5.90. The van der Waals surface area contributed by atoms with Crippen molar-refractivity contribution in [2.24, 2.45) is 0 Å². The topological polar surface area (TPSA) is 35.5 Å². The maximum atomic E-state index is 10.9. The lowest BCUT2D eigenvalue weighted by Crippen LogP contribution is -1.94. The number of rotatable bonds is 3. The van der Waals surface area contributed by atoms with E-state index in [1.807, 2.05) is 0 Å². The van der Waals surface area contributed by atoms with E-state index in [1.54, 1.807) is 24.3 Å². The maximum absolute atomic E-state index is 10.9. The van der Waals surface area contributed by atoms with Crippen LogP contribution in [0.2, 0.25) is 5.02 Å². The maximum Gasteiger partial charge on any atom is 0.330 e.